The highest BCUT2D eigenvalue weighted by atomic mass is 16.5. The van der Waals surface area contributed by atoms with E-state index in [4.69, 9.17) is 4.74 Å². The summed E-state index contributed by atoms with van der Waals surface area (Å²) in [5, 5.41) is 0. The van der Waals surface area contributed by atoms with Crippen LogP contribution >= 0.6 is 0 Å². The third-order valence-electron chi connectivity index (χ3n) is 4.66. The Balaban J connectivity index is 2.00. The third-order valence-corrected chi connectivity index (χ3v) is 4.66. The maximum atomic E-state index is 12.8. The molecule has 0 unspecified atom stereocenters. The fourth-order valence-electron chi connectivity index (χ4n) is 3.37. The van der Waals surface area contributed by atoms with Crippen LogP contribution in [0, 0.1) is 12.8 Å². The molecule has 25 heavy (non-hydrogen) atoms. The number of hydrogen-bond acceptors (Lipinski definition) is 3. The summed E-state index contributed by atoms with van der Waals surface area (Å²) in [6.45, 7) is 4.07. The normalized spacial score (nSPS) is 20.1. The first kappa shape index (κ1) is 17.2. The second-order valence-corrected chi connectivity index (χ2v) is 6.39. The van der Waals surface area contributed by atoms with Gasteiger partial charge in [-0.05, 0) is 43.0 Å². The second kappa shape index (κ2) is 7.47. The summed E-state index contributed by atoms with van der Waals surface area (Å²) in [5.74, 6) is -1.57. The van der Waals surface area contributed by atoms with Crippen molar-refractivity contribution in [3.05, 3.63) is 77.4 Å². The van der Waals surface area contributed by atoms with E-state index in [1.54, 1.807) is 13.0 Å². The van der Waals surface area contributed by atoms with E-state index >= 15 is 0 Å². The maximum absolute atomic E-state index is 12.8. The van der Waals surface area contributed by atoms with Crippen LogP contribution in [0.25, 0.3) is 5.57 Å². The molecule has 1 aliphatic carbocycles. The zero-order valence-corrected chi connectivity index (χ0v) is 14.6. The fourth-order valence-corrected chi connectivity index (χ4v) is 3.37. The van der Waals surface area contributed by atoms with Crippen LogP contribution < -0.4 is 0 Å². The molecule has 0 aliphatic heterocycles. The predicted octanol–water partition coefficient (Wildman–Crippen LogP) is 4.31. The molecule has 0 radical (unpaired) electrons. The Hall–Kier alpha value is -2.68. The van der Waals surface area contributed by atoms with Crippen LogP contribution in [0.5, 0.6) is 0 Å². The Morgan fingerprint density at radius 2 is 1.76 bits per heavy atom. The Morgan fingerprint density at radius 1 is 1.08 bits per heavy atom. The minimum absolute atomic E-state index is 0.172. The van der Waals surface area contributed by atoms with Crippen molar-refractivity contribution in [3.8, 4) is 0 Å². The molecular formula is C22H22O3. The SMILES string of the molecule is CCOC(=O)[C@@H]1C(=O)C=C(c2ccc(C)cc2)C[C@@H]1c1ccccc1. The van der Waals surface area contributed by atoms with Gasteiger partial charge in [0, 0.05) is 5.92 Å². The van der Waals surface area contributed by atoms with Crippen LogP contribution in [0.2, 0.25) is 0 Å². The summed E-state index contributed by atoms with van der Waals surface area (Å²) >= 11 is 0. The van der Waals surface area contributed by atoms with Crippen molar-refractivity contribution >= 4 is 17.3 Å². The molecule has 3 nitrogen and oxygen atoms in total. The van der Waals surface area contributed by atoms with Gasteiger partial charge in [-0.25, -0.2) is 0 Å². The molecule has 0 saturated heterocycles. The maximum Gasteiger partial charge on any atom is 0.317 e. The largest absolute Gasteiger partial charge is 0.465 e. The number of aryl methyl sites for hydroxylation is 1. The molecule has 0 saturated carbocycles. The predicted molar refractivity (Wildman–Crippen MR) is 98.1 cm³/mol. The van der Waals surface area contributed by atoms with E-state index in [1.807, 2.05) is 61.5 Å². The molecule has 0 aromatic heterocycles. The summed E-state index contributed by atoms with van der Waals surface area (Å²) in [5.41, 5.74) is 4.17. The third kappa shape index (κ3) is 3.71. The number of esters is 1. The standard InChI is InChI=1S/C22H22O3/c1-3-25-22(24)21-19(17-7-5-4-6-8-17)13-18(14-20(21)23)16-11-9-15(2)10-12-16/h4-12,14,19,21H,3,13H2,1-2H3/t19-,21+/m1/s1. The molecule has 0 N–H and O–H groups in total. The quantitative estimate of drug-likeness (QED) is 0.618. The highest BCUT2D eigenvalue weighted by molar-refractivity contribution is 6.10. The molecule has 0 bridgehead atoms. The van der Waals surface area contributed by atoms with Gasteiger partial charge in [-0.2, -0.15) is 0 Å². The highest BCUT2D eigenvalue weighted by Crippen LogP contribution is 2.40. The van der Waals surface area contributed by atoms with Gasteiger partial charge in [-0.15, -0.1) is 0 Å². The van der Waals surface area contributed by atoms with Crippen LogP contribution in [0.1, 0.15) is 36.0 Å². The van der Waals surface area contributed by atoms with E-state index in [2.05, 4.69) is 0 Å². The average Bonchev–Trinajstić information content (AvgIpc) is 2.62. The summed E-state index contributed by atoms with van der Waals surface area (Å²) in [7, 11) is 0. The molecule has 3 rings (SSSR count). The lowest BCUT2D eigenvalue weighted by Gasteiger charge is -2.29. The minimum atomic E-state index is -0.767. The zero-order valence-electron chi connectivity index (χ0n) is 14.6. The van der Waals surface area contributed by atoms with Gasteiger partial charge in [0.25, 0.3) is 0 Å². The summed E-state index contributed by atoms with van der Waals surface area (Å²) in [6.07, 6.45) is 2.26. The number of carbonyl (C=O) groups excluding carboxylic acids is 2. The van der Waals surface area contributed by atoms with Gasteiger partial charge in [0.1, 0.15) is 5.92 Å². The van der Waals surface area contributed by atoms with E-state index in [9.17, 15) is 9.59 Å². The number of rotatable bonds is 4. The van der Waals surface area contributed by atoms with E-state index < -0.39 is 11.9 Å². The molecule has 128 valence electrons. The lowest BCUT2D eigenvalue weighted by atomic mass is 9.73. The molecule has 0 spiro atoms. The Bertz CT molecular complexity index is 788. The van der Waals surface area contributed by atoms with Gasteiger partial charge in [0.15, 0.2) is 5.78 Å². The van der Waals surface area contributed by atoms with Crippen molar-refractivity contribution in [1.82, 2.24) is 0 Å². The molecule has 2 aromatic rings. The van der Waals surface area contributed by atoms with Crippen LogP contribution in [0.3, 0.4) is 0 Å². The number of ketones is 1. The van der Waals surface area contributed by atoms with Crippen LogP contribution in [-0.4, -0.2) is 18.4 Å². The molecule has 0 fully saturated rings. The number of hydrogen-bond donors (Lipinski definition) is 0. The van der Waals surface area contributed by atoms with Crippen molar-refractivity contribution in [2.24, 2.45) is 5.92 Å². The van der Waals surface area contributed by atoms with Crippen LogP contribution in [-0.2, 0) is 14.3 Å². The summed E-state index contributed by atoms with van der Waals surface area (Å²) in [4.78, 5) is 25.2. The minimum Gasteiger partial charge on any atom is -0.465 e. The molecule has 0 amide bonds. The van der Waals surface area contributed by atoms with Crippen LogP contribution in [0.15, 0.2) is 60.7 Å². The Kier molecular flexibility index (Phi) is 5.13. The van der Waals surface area contributed by atoms with E-state index in [0.717, 1.165) is 16.7 Å². The second-order valence-electron chi connectivity index (χ2n) is 6.39. The molecule has 2 aromatic carbocycles. The number of carbonyl (C=O) groups is 2. The number of ether oxygens (including phenoxy) is 1. The summed E-state index contributed by atoms with van der Waals surface area (Å²) in [6, 6.07) is 17.9. The number of benzene rings is 2. The molecule has 0 heterocycles. The smallest absolute Gasteiger partial charge is 0.317 e. The van der Waals surface area contributed by atoms with E-state index in [1.165, 1.54) is 5.56 Å². The number of allylic oxidation sites excluding steroid dienone is 2. The van der Waals surface area contributed by atoms with Gasteiger partial charge in [-0.3, -0.25) is 9.59 Å². The topological polar surface area (TPSA) is 43.4 Å². The van der Waals surface area contributed by atoms with Gasteiger partial charge in [0.05, 0.1) is 6.61 Å². The lowest BCUT2D eigenvalue weighted by Crippen LogP contribution is -2.34. The average molecular weight is 334 g/mol. The first-order chi connectivity index (χ1) is 12.1. The van der Waals surface area contributed by atoms with Crippen molar-refractivity contribution in [2.45, 2.75) is 26.2 Å². The van der Waals surface area contributed by atoms with Crippen molar-refractivity contribution in [2.75, 3.05) is 6.61 Å². The van der Waals surface area contributed by atoms with Crippen molar-refractivity contribution < 1.29 is 14.3 Å². The van der Waals surface area contributed by atoms with Crippen molar-refractivity contribution in [1.29, 1.82) is 0 Å². The molecule has 1 aliphatic rings. The lowest BCUT2D eigenvalue weighted by molar-refractivity contribution is -0.151. The van der Waals surface area contributed by atoms with Gasteiger partial charge in [-0.1, -0.05) is 60.2 Å². The molecular weight excluding hydrogens is 312 g/mol. The van der Waals surface area contributed by atoms with E-state index in [0.29, 0.717) is 6.42 Å². The summed E-state index contributed by atoms with van der Waals surface area (Å²) < 4.78 is 5.17. The Labute approximate surface area is 148 Å². The van der Waals surface area contributed by atoms with E-state index in [-0.39, 0.29) is 18.3 Å². The van der Waals surface area contributed by atoms with Gasteiger partial charge < -0.3 is 4.74 Å². The van der Waals surface area contributed by atoms with Crippen LogP contribution in [0.4, 0.5) is 0 Å². The van der Waals surface area contributed by atoms with Gasteiger partial charge in [0.2, 0.25) is 0 Å². The van der Waals surface area contributed by atoms with Crippen molar-refractivity contribution in [3.63, 3.8) is 0 Å². The Morgan fingerprint density at radius 3 is 2.40 bits per heavy atom. The van der Waals surface area contributed by atoms with Gasteiger partial charge >= 0.3 is 5.97 Å². The monoisotopic (exact) mass is 334 g/mol. The molecule has 3 heteroatoms. The first-order valence-electron chi connectivity index (χ1n) is 8.63. The highest BCUT2D eigenvalue weighted by Gasteiger charge is 2.39. The zero-order chi connectivity index (χ0) is 17.8. The first-order valence-corrected chi connectivity index (χ1v) is 8.63. The molecule has 2 atom stereocenters. The fraction of sp³-hybridized carbons (Fsp3) is 0.273.